The van der Waals surface area contributed by atoms with Crippen LogP contribution in [-0.4, -0.2) is 53.7 Å². The normalized spacial score (nSPS) is 18.8. The molecule has 2 heterocycles. The lowest BCUT2D eigenvalue weighted by molar-refractivity contribution is -0.121. The number of carbonyl (C=O) groups is 3. The lowest BCUT2D eigenvalue weighted by atomic mass is 9.99. The van der Waals surface area contributed by atoms with Crippen molar-refractivity contribution in [2.45, 2.75) is 25.4 Å². The maximum Gasteiger partial charge on any atom is 0.322 e. The fourth-order valence-electron chi connectivity index (χ4n) is 3.86. The van der Waals surface area contributed by atoms with Crippen molar-refractivity contribution in [1.82, 2.24) is 9.80 Å². The van der Waals surface area contributed by atoms with E-state index in [2.05, 4.69) is 38.5 Å². The second-order valence-corrected chi connectivity index (χ2v) is 8.70. The molecule has 2 aliphatic heterocycles. The maximum absolute atomic E-state index is 12.9. The lowest BCUT2D eigenvalue weighted by Crippen LogP contribution is -2.45. The number of nitrogens with zero attached hydrogens (tertiary/aromatic N) is 2. The number of fused-ring (bicyclic) bond motifs is 1. The predicted octanol–water partition coefficient (Wildman–Crippen LogP) is 3.25. The summed E-state index contributed by atoms with van der Waals surface area (Å²) < 4.78 is 0.894. The molecule has 1 fully saturated rings. The number of Topliss-reactive ketones (excluding diaryl/α,β-unsaturated/α-hetero) is 1. The first-order valence-electron chi connectivity index (χ1n) is 9.85. The molecule has 0 aromatic heterocycles. The quantitative estimate of drug-likeness (QED) is 0.721. The van der Waals surface area contributed by atoms with E-state index in [1.165, 1.54) is 16.0 Å². The third kappa shape index (κ3) is 4.55. The van der Waals surface area contributed by atoms with Crippen LogP contribution in [0.15, 0.2) is 46.9 Å². The average Bonchev–Trinajstić information content (AvgIpc) is 3.12. The van der Waals surface area contributed by atoms with E-state index in [1.807, 2.05) is 30.3 Å². The second kappa shape index (κ2) is 8.57. The van der Waals surface area contributed by atoms with Crippen molar-refractivity contribution in [3.63, 3.8) is 0 Å². The lowest BCUT2D eigenvalue weighted by Gasteiger charge is -2.26. The van der Waals surface area contributed by atoms with Crippen LogP contribution in [0.3, 0.4) is 0 Å². The van der Waals surface area contributed by atoms with Crippen LogP contribution in [0.4, 0.5) is 16.2 Å². The summed E-state index contributed by atoms with van der Waals surface area (Å²) in [6.07, 6.45) is 0.953. The smallest absolute Gasteiger partial charge is 0.322 e. The molecule has 1 atom stereocenters. The number of nitrogens with one attached hydrogen (secondary N) is 2. The molecule has 4 rings (SSSR count). The Hall–Kier alpha value is -2.71. The van der Waals surface area contributed by atoms with E-state index >= 15 is 0 Å². The van der Waals surface area contributed by atoms with Gasteiger partial charge in [-0.05, 0) is 61.0 Å². The number of ketones is 1. The summed E-state index contributed by atoms with van der Waals surface area (Å²) in [6, 6.07) is 11.7. The molecule has 2 aromatic carbocycles. The van der Waals surface area contributed by atoms with Gasteiger partial charge in [-0.1, -0.05) is 22.0 Å². The number of benzene rings is 2. The summed E-state index contributed by atoms with van der Waals surface area (Å²) in [7, 11) is 2.09. The fourth-order valence-corrected chi connectivity index (χ4v) is 4.13. The molecule has 0 saturated carbocycles. The topological polar surface area (TPSA) is 81.8 Å². The van der Waals surface area contributed by atoms with Gasteiger partial charge in [-0.15, -0.1) is 0 Å². The molecule has 2 aromatic rings. The van der Waals surface area contributed by atoms with E-state index in [9.17, 15) is 14.4 Å². The average molecular weight is 471 g/mol. The number of halogens is 1. The monoisotopic (exact) mass is 470 g/mol. The first kappa shape index (κ1) is 20.6. The number of urea groups is 1. The third-order valence-corrected chi connectivity index (χ3v) is 6.01. The van der Waals surface area contributed by atoms with Gasteiger partial charge >= 0.3 is 6.03 Å². The molecule has 2 aliphatic rings. The zero-order valence-corrected chi connectivity index (χ0v) is 18.2. The van der Waals surface area contributed by atoms with E-state index in [-0.39, 0.29) is 24.7 Å². The van der Waals surface area contributed by atoms with Crippen molar-refractivity contribution >= 4 is 45.0 Å². The summed E-state index contributed by atoms with van der Waals surface area (Å²) in [5.74, 6) is -0.478. The Morgan fingerprint density at radius 1 is 1.00 bits per heavy atom. The van der Waals surface area contributed by atoms with Crippen LogP contribution in [0.2, 0.25) is 0 Å². The standard InChI is InChI=1S/C22H23BrN4O3/c1-26-9-8-14-10-18(5-2-15(14)12-26)24-21(29)20-11-19(28)13-27(20)22(30)25-17-6-3-16(23)4-7-17/h2-7,10,20H,8-9,11-13H2,1H3,(H,24,29)(H,25,30). The van der Waals surface area contributed by atoms with E-state index < -0.39 is 12.1 Å². The molecule has 156 valence electrons. The fraction of sp³-hybridized carbons (Fsp3) is 0.318. The molecule has 0 aliphatic carbocycles. The number of hydrogen-bond acceptors (Lipinski definition) is 4. The van der Waals surface area contributed by atoms with E-state index in [4.69, 9.17) is 0 Å². The molecule has 1 saturated heterocycles. The molecule has 30 heavy (non-hydrogen) atoms. The van der Waals surface area contributed by atoms with Crippen LogP contribution < -0.4 is 10.6 Å². The molecule has 1 unspecified atom stereocenters. The Kier molecular flexibility index (Phi) is 5.87. The summed E-state index contributed by atoms with van der Waals surface area (Å²) in [4.78, 5) is 41.2. The third-order valence-electron chi connectivity index (χ3n) is 5.48. The Morgan fingerprint density at radius 3 is 2.50 bits per heavy atom. The number of likely N-dealkylation sites (tertiary alicyclic amines) is 1. The van der Waals surface area contributed by atoms with E-state index in [0.29, 0.717) is 11.4 Å². The molecular formula is C22H23BrN4O3. The Labute approximate surface area is 183 Å². The van der Waals surface area contributed by atoms with Crippen molar-refractivity contribution in [3.8, 4) is 0 Å². The van der Waals surface area contributed by atoms with Gasteiger partial charge in [0.2, 0.25) is 5.91 Å². The van der Waals surface area contributed by atoms with Crippen molar-refractivity contribution in [2.75, 3.05) is 30.8 Å². The van der Waals surface area contributed by atoms with Crippen LogP contribution in [0.1, 0.15) is 17.5 Å². The minimum atomic E-state index is -0.824. The molecule has 3 amide bonds. The first-order valence-corrected chi connectivity index (χ1v) is 10.6. The van der Waals surface area contributed by atoms with Gasteiger partial charge in [0.1, 0.15) is 6.04 Å². The molecule has 0 bridgehead atoms. The van der Waals surface area contributed by atoms with Crippen LogP contribution in [-0.2, 0) is 22.6 Å². The van der Waals surface area contributed by atoms with Crippen molar-refractivity contribution in [3.05, 3.63) is 58.1 Å². The highest BCUT2D eigenvalue weighted by Crippen LogP contribution is 2.24. The Bertz CT molecular complexity index is 992. The minimum absolute atomic E-state index is 0.0231. The zero-order valence-electron chi connectivity index (χ0n) is 16.7. The van der Waals surface area contributed by atoms with Crippen molar-refractivity contribution < 1.29 is 14.4 Å². The largest absolute Gasteiger partial charge is 0.324 e. The molecular weight excluding hydrogens is 448 g/mol. The Balaban J connectivity index is 1.45. The van der Waals surface area contributed by atoms with Gasteiger partial charge in [-0.25, -0.2) is 4.79 Å². The van der Waals surface area contributed by atoms with Gasteiger partial charge in [-0.3, -0.25) is 9.59 Å². The molecule has 0 radical (unpaired) electrons. The van der Waals surface area contributed by atoms with Gasteiger partial charge in [-0.2, -0.15) is 0 Å². The zero-order chi connectivity index (χ0) is 21.3. The minimum Gasteiger partial charge on any atom is -0.324 e. The second-order valence-electron chi connectivity index (χ2n) is 7.78. The first-order chi connectivity index (χ1) is 14.4. The highest BCUT2D eigenvalue weighted by molar-refractivity contribution is 9.10. The van der Waals surface area contributed by atoms with Crippen LogP contribution in [0, 0.1) is 0 Å². The highest BCUT2D eigenvalue weighted by Gasteiger charge is 2.39. The number of carbonyl (C=O) groups excluding carboxylic acids is 3. The van der Waals surface area contributed by atoms with Gasteiger partial charge < -0.3 is 20.4 Å². The van der Waals surface area contributed by atoms with Crippen molar-refractivity contribution in [2.24, 2.45) is 0 Å². The maximum atomic E-state index is 12.9. The summed E-state index contributed by atoms with van der Waals surface area (Å²) in [6.45, 7) is 1.80. The molecule has 0 spiro atoms. The van der Waals surface area contributed by atoms with E-state index in [1.54, 1.807) is 12.1 Å². The predicted molar refractivity (Wildman–Crippen MR) is 118 cm³/mol. The number of hydrogen-bond donors (Lipinski definition) is 2. The summed E-state index contributed by atoms with van der Waals surface area (Å²) in [5.41, 5.74) is 3.77. The summed E-state index contributed by atoms with van der Waals surface area (Å²) in [5, 5.41) is 5.64. The van der Waals surface area contributed by atoms with Gasteiger partial charge in [0.05, 0.1) is 6.54 Å². The van der Waals surface area contributed by atoms with E-state index in [0.717, 1.165) is 24.0 Å². The number of rotatable bonds is 3. The highest BCUT2D eigenvalue weighted by atomic mass is 79.9. The van der Waals surface area contributed by atoms with Gasteiger partial charge in [0.15, 0.2) is 5.78 Å². The number of amides is 3. The number of anilines is 2. The van der Waals surface area contributed by atoms with Crippen LogP contribution >= 0.6 is 15.9 Å². The SMILES string of the molecule is CN1CCc2cc(NC(=O)C3CC(=O)CN3C(=O)Nc3ccc(Br)cc3)ccc2C1. The van der Waals surface area contributed by atoms with Gasteiger partial charge in [0, 0.05) is 35.4 Å². The number of likely N-dealkylation sites (N-methyl/N-ethyl adjacent to an activating group) is 1. The van der Waals surface area contributed by atoms with Crippen LogP contribution in [0.5, 0.6) is 0 Å². The van der Waals surface area contributed by atoms with Crippen LogP contribution in [0.25, 0.3) is 0 Å². The summed E-state index contributed by atoms with van der Waals surface area (Å²) >= 11 is 3.35. The van der Waals surface area contributed by atoms with Gasteiger partial charge in [0.25, 0.3) is 0 Å². The van der Waals surface area contributed by atoms with Crippen molar-refractivity contribution in [1.29, 1.82) is 0 Å². The Morgan fingerprint density at radius 2 is 1.73 bits per heavy atom. The molecule has 2 N–H and O–H groups in total. The molecule has 7 nitrogen and oxygen atoms in total. The molecule has 8 heteroatoms.